The van der Waals surface area contributed by atoms with Gasteiger partial charge in [-0.25, -0.2) is 9.79 Å². The van der Waals surface area contributed by atoms with Crippen molar-refractivity contribution in [2.24, 2.45) is 4.99 Å². The SMILES string of the molecule is CCOC(=O)C1=C(C)N=c2sc(=Cc3ccc(N(C)C)cc3)c(=O)n2[C@H]1/C=C\c1ccccc1. The van der Waals surface area contributed by atoms with Crippen molar-refractivity contribution in [2.75, 3.05) is 25.6 Å². The number of hydrogen-bond donors (Lipinski definition) is 0. The maximum atomic E-state index is 13.5. The third-order valence-electron chi connectivity index (χ3n) is 5.54. The number of allylic oxidation sites excluding steroid dienone is 2. The van der Waals surface area contributed by atoms with E-state index in [0.29, 0.717) is 20.6 Å². The van der Waals surface area contributed by atoms with E-state index in [4.69, 9.17) is 4.74 Å². The Morgan fingerprint density at radius 2 is 1.82 bits per heavy atom. The summed E-state index contributed by atoms with van der Waals surface area (Å²) in [5.41, 5.74) is 3.74. The van der Waals surface area contributed by atoms with Crippen molar-refractivity contribution in [1.82, 2.24) is 4.57 Å². The Labute approximate surface area is 202 Å². The molecule has 0 N–H and O–H groups in total. The highest BCUT2D eigenvalue weighted by Gasteiger charge is 2.30. The van der Waals surface area contributed by atoms with Crippen LogP contribution in [0, 0.1) is 0 Å². The Balaban J connectivity index is 1.83. The van der Waals surface area contributed by atoms with Crippen LogP contribution in [0.1, 0.15) is 31.0 Å². The molecule has 34 heavy (non-hydrogen) atoms. The second-order valence-corrected chi connectivity index (χ2v) is 9.11. The number of aromatic nitrogens is 1. The average molecular weight is 474 g/mol. The van der Waals surface area contributed by atoms with Gasteiger partial charge >= 0.3 is 5.97 Å². The largest absolute Gasteiger partial charge is 0.463 e. The first kappa shape index (κ1) is 23.4. The summed E-state index contributed by atoms with van der Waals surface area (Å²) >= 11 is 1.32. The van der Waals surface area contributed by atoms with Crippen molar-refractivity contribution in [3.63, 3.8) is 0 Å². The number of carbonyl (C=O) groups is 1. The highest BCUT2D eigenvalue weighted by atomic mass is 32.1. The summed E-state index contributed by atoms with van der Waals surface area (Å²) in [6, 6.07) is 17.2. The van der Waals surface area contributed by atoms with E-state index in [0.717, 1.165) is 16.8 Å². The fraction of sp³-hybridized carbons (Fsp3) is 0.222. The van der Waals surface area contributed by atoms with E-state index in [1.165, 1.54) is 11.3 Å². The number of benzene rings is 2. The van der Waals surface area contributed by atoms with Crippen LogP contribution in [0.2, 0.25) is 0 Å². The van der Waals surface area contributed by atoms with Crippen LogP contribution in [0.3, 0.4) is 0 Å². The number of rotatable bonds is 6. The summed E-state index contributed by atoms with van der Waals surface area (Å²) in [5, 5.41) is 0. The van der Waals surface area contributed by atoms with Crippen LogP contribution >= 0.6 is 11.3 Å². The molecular weight excluding hydrogens is 446 g/mol. The van der Waals surface area contributed by atoms with Crippen LogP contribution in [-0.2, 0) is 9.53 Å². The highest BCUT2D eigenvalue weighted by Crippen LogP contribution is 2.26. The fourth-order valence-corrected chi connectivity index (χ4v) is 4.86. The summed E-state index contributed by atoms with van der Waals surface area (Å²) in [7, 11) is 3.97. The highest BCUT2D eigenvalue weighted by molar-refractivity contribution is 7.07. The van der Waals surface area contributed by atoms with Gasteiger partial charge in [0, 0.05) is 19.8 Å². The van der Waals surface area contributed by atoms with Gasteiger partial charge in [-0.05, 0) is 43.2 Å². The monoisotopic (exact) mass is 473 g/mol. The molecule has 0 bridgehead atoms. The third-order valence-corrected chi connectivity index (χ3v) is 6.52. The summed E-state index contributed by atoms with van der Waals surface area (Å²) in [5.74, 6) is -0.458. The van der Waals surface area contributed by atoms with Crippen molar-refractivity contribution in [1.29, 1.82) is 0 Å². The molecule has 174 valence electrons. The van der Waals surface area contributed by atoms with E-state index >= 15 is 0 Å². The predicted octanol–water partition coefficient (Wildman–Crippen LogP) is 3.53. The van der Waals surface area contributed by atoms with Gasteiger partial charge in [0.2, 0.25) is 0 Å². The van der Waals surface area contributed by atoms with Gasteiger partial charge in [0.1, 0.15) is 0 Å². The Hall–Kier alpha value is -3.71. The van der Waals surface area contributed by atoms with E-state index < -0.39 is 12.0 Å². The van der Waals surface area contributed by atoms with Crippen molar-refractivity contribution in [3.05, 3.63) is 103 Å². The minimum atomic E-state index is -0.603. The van der Waals surface area contributed by atoms with Gasteiger partial charge in [0.05, 0.1) is 28.5 Å². The molecule has 7 heteroatoms. The maximum Gasteiger partial charge on any atom is 0.338 e. The fourth-order valence-electron chi connectivity index (χ4n) is 3.80. The van der Waals surface area contributed by atoms with Crippen LogP contribution in [0.25, 0.3) is 12.2 Å². The Morgan fingerprint density at radius 1 is 1.12 bits per heavy atom. The predicted molar refractivity (Wildman–Crippen MR) is 138 cm³/mol. The van der Waals surface area contributed by atoms with Crippen molar-refractivity contribution < 1.29 is 9.53 Å². The molecule has 2 heterocycles. The van der Waals surface area contributed by atoms with Gasteiger partial charge in [-0.1, -0.05) is 66.0 Å². The molecule has 0 saturated heterocycles. The van der Waals surface area contributed by atoms with Gasteiger partial charge in [-0.2, -0.15) is 0 Å². The lowest BCUT2D eigenvalue weighted by molar-refractivity contribution is -0.139. The number of ether oxygens (including phenoxy) is 1. The van der Waals surface area contributed by atoms with E-state index in [9.17, 15) is 9.59 Å². The molecule has 3 aromatic rings. The first-order valence-electron chi connectivity index (χ1n) is 11.1. The summed E-state index contributed by atoms with van der Waals surface area (Å²) in [4.78, 5) is 33.5. The number of nitrogens with zero attached hydrogens (tertiary/aromatic N) is 3. The number of fused-ring (bicyclic) bond motifs is 1. The van der Waals surface area contributed by atoms with Gasteiger partial charge in [-0.3, -0.25) is 9.36 Å². The second kappa shape index (κ2) is 10.1. The molecule has 1 atom stereocenters. The Bertz CT molecular complexity index is 1430. The topological polar surface area (TPSA) is 63.9 Å². The van der Waals surface area contributed by atoms with Crippen molar-refractivity contribution >= 4 is 35.1 Å². The lowest BCUT2D eigenvalue weighted by Crippen LogP contribution is -2.38. The summed E-state index contributed by atoms with van der Waals surface area (Å²) in [6.45, 7) is 3.80. The number of esters is 1. The standard InChI is InChI=1S/C27H27N3O3S/c1-5-33-26(32)24-18(2)28-27-30(22(24)16-13-19-9-7-6-8-10-19)25(31)23(34-27)17-20-11-14-21(15-12-20)29(3)4/h6-17,22H,5H2,1-4H3/b16-13-,23-17?/t22-/m0/s1. The quantitative estimate of drug-likeness (QED) is 0.514. The molecule has 4 rings (SSSR count). The minimum Gasteiger partial charge on any atom is -0.463 e. The van der Waals surface area contributed by atoms with Gasteiger partial charge < -0.3 is 9.64 Å². The minimum absolute atomic E-state index is 0.183. The molecule has 6 nitrogen and oxygen atoms in total. The average Bonchev–Trinajstić information content (AvgIpc) is 3.12. The molecule has 0 radical (unpaired) electrons. The molecular formula is C27H27N3O3S. The number of anilines is 1. The Kier molecular flexibility index (Phi) is 6.93. The zero-order valence-electron chi connectivity index (χ0n) is 19.7. The molecule has 0 saturated carbocycles. The molecule has 0 aliphatic carbocycles. The van der Waals surface area contributed by atoms with Gasteiger partial charge in [0.25, 0.3) is 5.56 Å². The third kappa shape index (κ3) is 4.79. The molecule has 1 aliphatic heterocycles. The molecule has 1 aromatic heterocycles. The number of carbonyl (C=O) groups excluding carboxylic acids is 1. The number of hydrogen-bond acceptors (Lipinski definition) is 6. The smallest absolute Gasteiger partial charge is 0.338 e. The van der Waals surface area contributed by atoms with Gasteiger partial charge in [-0.15, -0.1) is 0 Å². The van der Waals surface area contributed by atoms with E-state index in [2.05, 4.69) is 4.99 Å². The van der Waals surface area contributed by atoms with Crippen LogP contribution in [0.15, 0.2) is 81.7 Å². The Morgan fingerprint density at radius 3 is 2.47 bits per heavy atom. The molecule has 0 fully saturated rings. The molecule has 2 aromatic carbocycles. The molecule has 0 unspecified atom stereocenters. The van der Waals surface area contributed by atoms with E-state index in [1.54, 1.807) is 18.4 Å². The summed E-state index contributed by atoms with van der Waals surface area (Å²) < 4.78 is 7.46. The normalized spacial score (nSPS) is 15.9. The lowest BCUT2D eigenvalue weighted by Gasteiger charge is -2.21. The number of thiazole rings is 1. The molecule has 0 spiro atoms. The second-order valence-electron chi connectivity index (χ2n) is 8.10. The van der Waals surface area contributed by atoms with E-state index in [1.807, 2.05) is 91.8 Å². The first-order chi connectivity index (χ1) is 16.4. The maximum absolute atomic E-state index is 13.5. The van der Waals surface area contributed by atoms with Crippen LogP contribution in [-0.4, -0.2) is 31.2 Å². The summed E-state index contributed by atoms with van der Waals surface area (Å²) in [6.07, 6.45) is 5.65. The van der Waals surface area contributed by atoms with E-state index in [-0.39, 0.29) is 12.2 Å². The zero-order valence-corrected chi connectivity index (χ0v) is 20.5. The van der Waals surface area contributed by atoms with Crippen LogP contribution in [0.5, 0.6) is 0 Å². The zero-order chi connectivity index (χ0) is 24.2. The molecule has 0 amide bonds. The van der Waals surface area contributed by atoms with Crippen LogP contribution < -0.4 is 19.8 Å². The van der Waals surface area contributed by atoms with Crippen molar-refractivity contribution in [2.45, 2.75) is 19.9 Å². The van der Waals surface area contributed by atoms with Crippen LogP contribution in [0.4, 0.5) is 5.69 Å². The lowest BCUT2D eigenvalue weighted by atomic mass is 10.0. The van der Waals surface area contributed by atoms with Crippen molar-refractivity contribution in [3.8, 4) is 0 Å². The first-order valence-corrected chi connectivity index (χ1v) is 11.9. The molecule has 1 aliphatic rings. The van der Waals surface area contributed by atoms with Gasteiger partial charge in [0.15, 0.2) is 4.80 Å².